The summed E-state index contributed by atoms with van der Waals surface area (Å²) >= 11 is 18.4. The monoisotopic (exact) mass is 602 g/mol. The summed E-state index contributed by atoms with van der Waals surface area (Å²) in [4.78, 5) is 12.9. The van der Waals surface area contributed by atoms with Crippen LogP contribution in [0.4, 0.5) is 0 Å². The lowest BCUT2D eigenvalue weighted by Crippen LogP contribution is -2.39. The first-order chi connectivity index (χ1) is 18.6. The number of hydrogen-bond acceptors (Lipinski definition) is 4. The summed E-state index contributed by atoms with van der Waals surface area (Å²) in [7, 11) is -4.00. The van der Waals surface area contributed by atoms with Gasteiger partial charge in [0.1, 0.15) is 0 Å². The van der Waals surface area contributed by atoms with Crippen LogP contribution in [0.3, 0.4) is 0 Å². The molecular weight excluding hydrogens is 579 g/mol. The summed E-state index contributed by atoms with van der Waals surface area (Å²) in [5.74, 6) is -0.589. The van der Waals surface area contributed by atoms with Gasteiger partial charge in [-0.1, -0.05) is 65.1 Å². The first kappa shape index (κ1) is 28.9. The Morgan fingerprint density at radius 2 is 1.62 bits per heavy atom. The smallest absolute Gasteiger partial charge is 0.255 e. The van der Waals surface area contributed by atoms with Crippen molar-refractivity contribution in [1.29, 1.82) is 0 Å². The molecule has 0 radical (unpaired) electrons. The van der Waals surface area contributed by atoms with Crippen molar-refractivity contribution < 1.29 is 13.2 Å². The highest BCUT2D eigenvalue weighted by molar-refractivity contribution is 7.89. The lowest BCUT2D eigenvalue weighted by atomic mass is 10.2. The van der Waals surface area contributed by atoms with Crippen molar-refractivity contribution in [3.8, 4) is 5.69 Å². The van der Waals surface area contributed by atoms with Gasteiger partial charge in [-0.3, -0.25) is 4.79 Å². The maximum atomic E-state index is 13.4. The molecule has 0 aliphatic rings. The van der Waals surface area contributed by atoms with E-state index in [1.807, 2.05) is 36.6 Å². The van der Waals surface area contributed by atoms with E-state index >= 15 is 0 Å². The molecule has 0 aliphatic heterocycles. The largest absolute Gasteiger partial charge is 0.316 e. The fraction of sp³-hybridized carbons (Fsp3) is 0.143. The first-order valence-electron chi connectivity index (χ1n) is 11.8. The summed E-state index contributed by atoms with van der Waals surface area (Å²) in [5, 5.41) is 5.53. The minimum Gasteiger partial charge on any atom is -0.316 e. The van der Waals surface area contributed by atoms with Crippen LogP contribution in [0.1, 0.15) is 22.5 Å². The van der Waals surface area contributed by atoms with Gasteiger partial charge in [0.25, 0.3) is 5.91 Å². The van der Waals surface area contributed by atoms with E-state index in [0.29, 0.717) is 15.1 Å². The number of rotatable bonds is 9. The zero-order valence-electron chi connectivity index (χ0n) is 21.1. The lowest BCUT2D eigenvalue weighted by molar-refractivity contribution is -0.121. The van der Waals surface area contributed by atoms with Crippen molar-refractivity contribution in [2.24, 2.45) is 5.10 Å². The van der Waals surface area contributed by atoms with E-state index in [0.717, 1.165) is 32.5 Å². The molecule has 7 nitrogen and oxygen atoms in total. The Morgan fingerprint density at radius 1 is 0.949 bits per heavy atom. The van der Waals surface area contributed by atoms with Gasteiger partial charge < -0.3 is 4.57 Å². The number of aryl methyl sites for hydroxylation is 1. The van der Waals surface area contributed by atoms with Crippen LogP contribution >= 0.6 is 34.8 Å². The molecule has 0 bridgehead atoms. The highest BCUT2D eigenvalue weighted by Crippen LogP contribution is 2.28. The second kappa shape index (κ2) is 12.4. The molecular formula is C28H25Cl3N4O3S. The summed E-state index contributed by atoms with van der Waals surface area (Å²) in [5.41, 5.74) is 6.47. The highest BCUT2D eigenvalue weighted by atomic mass is 35.5. The topological polar surface area (TPSA) is 83.8 Å². The number of hydrazone groups is 1. The van der Waals surface area contributed by atoms with E-state index in [2.05, 4.69) is 10.5 Å². The average Bonchev–Trinajstić information content (AvgIpc) is 3.17. The summed E-state index contributed by atoms with van der Waals surface area (Å²) in [6, 6.07) is 22.0. The van der Waals surface area contributed by atoms with Gasteiger partial charge in [-0.25, -0.2) is 13.8 Å². The van der Waals surface area contributed by atoms with Crippen molar-refractivity contribution >= 4 is 56.9 Å². The van der Waals surface area contributed by atoms with Gasteiger partial charge in [0, 0.05) is 33.5 Å². The van der Waals surface area contributed by atoms with Gasteiger partial charge in [0.15, 0.2) is 0 Å². The predicted molar refractivity (Wildman–Crippen MR) is 156 cm³/mol. The summed E-state index contributed by atoms with van der Waals surface area (Å²) < 4.78 is 29.8. The maximum absolute atomic E-state index is 13.4. The van der Waals surface area contributed by atoms with Gasteiger partial charge in [0.2, 0.25) is 10.0 Å². The van der Waals surface area contributed by atoms with E-state index in [9.17, 15) is 13.2 Å². The first-order valence-corrected chi connectivity index (χ1v) is 14.4. The van der Waals surface area contributed by atoms with Gasteiger partial charge >= 0.3 is 0 Å². The molecule has 1 N–H and O–H groups in total. The molecule has 0 saturated carbocycles. The Kier molecular flexibility index (Phi) is 9.15. The van der Waals surface area contributed by atoms with Crippen LogP contribution in [0.5, 0.6) is 0 Å². The fourth-order valence-electron chi connectivity index (χ4n) is 4.09. The van der Waals surface area contributed by atoms with Crippen LogP contribution in [0.15, 0.2) is 88.9 Å². The quantitative estimate of drug-likeness (QED) is 0.178. The zero-order chi connectivity index (χ0) is 28.2. The van der Waals surface area contributed by atoms with Crippen molar-refractivity contribution in [1.82, 2.24) is 14.3 Å². The van der Waals surface area contributed by atoms with E-state index in [1.165, 1.54) is 30.5 Å². The average molecular weight is 604 g/mol. The molecule has 202 valence electrons. The number of nitrogens with zero attached hydrogens (tertiary/aromatic N) is 3. The van der Waals surface area contributed by atoms with Crippen molar-refractivity contribution in [3.05, 3.63) is 116 Å². The zero-order valence-corrected chi connectivity index (χ0v) is 24.2. The molecule has 0 atom stereocenters. The highest BCUT2D eigenvalue weighted by Gasteiger charge is 2.27. The second-order valence-corrected chi connectivity index (χ2v) is 12.0. The molecule has 4 aromatic rings. The van der Waals surface area contributed by atoms with Crippen LogP contribution in [0, 0.1) is 13.8 Å². The van der Waals surface area contributed by atoms with E-state index < -0.39 is 22.5 Å². The molecule has 11 heteroatoms. The molecule has 0 fully saturated rings. The third kappa shape index (κ3) is 6.90. The Morgan fingerprint density at radius 3 is 2.28 bits per heavy atom. The summed E-state index contributed by atoms with van der Waals surface area (Å²) in [6.07, 6.45) is 1.51. The van der Waals surface area contributed by atoms with Crippen LogP contribution in [-0.4, -0.2) is 36.0 Å². The summed E-state index contributed by atoms with van der Waals surface area (Å²) in [6.45, 7) is 3.40. The number of halogens is 3. The fourth-order valence-corrected chi connectivity index (χ4v) is 6.09. The maximum Gasteiger partial charge on any atom is 0.255 e. The Balaban J connectivity index is 1.52. The Hall–Kier alpha value is -3.14. The molecule has 1 heterocycles. The Labute approximate surface area is 242 Å². The number of nitrogens with one attached hydrogen (secondary N) is 1. The molecule has 0 saturated heterocycles. The molecule has 4 rings (SSSR count). The van der Waals surface area contributed by atoms with Gasteiger partial charge in [-0.05, 0) is 67.9 Å². The molecule has 39 heavy (non-hydrogen) atoms. The van der Waals surface area contributed by atoms with Crippen LogP contribution < -0.4 is 5.43 Å². The number of benzene rings is 3. The van der Waals surface area contributed by atoms with Crippen molar-refractivity contribution in [3.63, 3.8) is 0 Å². The number of amides is 1. The van der Waals surface area contributed by atoms with Crippen LogP contribution in [0.25, 0.3) is 5.69 Å². The van der Waals surface area contributed by atoms with E-state index in [-0.39, 0.29) is 11.4 Å². The standard InChI is InChI=1S/C28H25Cl3N4O3S/c1-19-14-22(20(2)35(19)27-13-10-24(30)15-26(27)31)16-32-33-28(36)18-34(17-21-6-4-3-5-7-21)39(37,38)25-11-8-23(29)9-12-25/h3-16H,17-18H2,1-2H3,(H,33,36)/b32-16+. The molecule has 1 aromatic heterocycles. The Bertz CT molecular complexity index is 1620. The third-order valence-electron chi connectivity index (χ3n) is 5.99. The number of sulfonamides is 1. The third-order valence-corrected chi connectivity index (χ3v) is 8.58. The lowest BCUT2D eigenvalue weighted by Gasteiger charge is -2.21. The second-order valence-electron chi connectivity index (χ2n) is 8.76. The van der Waals surface area contributed by atoms with E-state index in [1.54, 1.807) is 36.4 Å². The van der Waals surface area contributed by atoms with Gasteiger partial charge in [0.05, 0.1) is 28.4 Å². The normalized spacial score (nSPS) is 11.8. The minimum absolute atomic E-state index is 0.00589. The van der Waals surface area contributed by atoms with E-state index in [4.69, 9.17) is 34.8 Å². The molecule has 0 unspecified atom stereocenters. The number of hydrogen-bond donors (Lipinski definition) is 1. The number of carbonyl (C=O) groups is 1. The minimum atomic E-state index is -4.00. The SMILES string of the molecule is Cc1cc(/C=N/NC(=O)CN(Cc2ccccc2)S(=O)(=O)c2ccc(Cl)cc2)c(C)n1-c1ccc(Cl)cc1Cl. The number of aromatic nitrogens is 1. The van der Waals surface area contributed by atoms with Crippen LogP contribution in [-0.2, 0) is 21.4 Å². The van der Waals surface area contributed by atoms with Crippen molar-refractivity contribution in [2.75, 3.05) is 6.54 Å². The van der Waals surface area contributed by atoms with Crippen LogP contribution in [0.2, 0.25) is 15.1 Å². The van der Waals surface area contributed by atoms with Crippen molar-refractivity contribution in [2.45, 2.75) is 25.3 Å². The molecule has 1 amide bonds. The van der Waals surface area contributed by atoms with Gasteiger partial charge in [-0.15, -0.1) is 0 Å². The number of carbonyl (C=O) groups excluding carboxylic acids is 1. The molecule has 0 aliphatic carbocycles. The molecule has 3 aromatic carbocycles. The van der Waals surface area contributed by atoms with Gasteiger partial charge in [-0.2, -0.15) is 9.41 Å². The molecule has 0 spiro atoms. The predicted octanol–water partition coefficient (Wildman–Crippen LogP) is 6.40.